The van der Waals surface area contributed by atoms with Gasteiger partial charge in [-0.1, -0.05) is 47.2 Å². The van der Waals surface area contributed by atoms with Crippen LogP contribution in [0.15, 0.2) is 66.7 Å². The maximum Gasteiger partial charge on any atom is 0.416 e. The summed E-state index contributed by atoms with van der Waals surface area (Å²) in [4.78, 5) is 26.4. The predicted molar refractivity (Wildman–Crippen MR) is 125 cm³/mol. The van der Waals surface area contributed by atoms with Crippen LogP contribution in [0.2, 0.25) is 5.02 Å². The van der Waals surface area contributed by atoms with Crippen LogP contribution in [0.5, 0.6) is 5.06 Å². The number of amides is 2. The molecule has 0 spiro atoms. The maximum atomic E-state index is 14.2. The van der Waals surface area contributed by atoms with Crippen LogP contribution in [0.25, 0.3) is 10.1 Å². The van der Waals surface area contributed by atoms with E-state index in [1.165, 1.54) is 29.5 Å². The maximum absolute atomic E-state index is 14.2. The molecule has 0 atom stereocenters. The van der Waals surface area contributed by atoms with E-state index in [0.29, 0.717) is 0 Å². The number of thiophene rings is 1. The van der Waals surface area contributed by atoms with Gasteiger partial charge < -0.3 is 10.1 Å². The van der Waals surface area contributed by atoms with Gasteiger partial charge in [-0.05, 0) is 41.8 Å². The van der Waals surface area contributed by atoms with E-state index in [-0.39, 0.29) is 15.8 Å². The summed E-state index contributed by atoms with van der Waals surface area (Å²) < 4.78 is 48.1. The molecule has 0 aliphatic heterocycles. The molecule has 0 unspecified atom stereocenters. The van der Waals surface area contributed by atoms with Crippen molar-refractivity contribution in [2.45, 2.75) is 6.54 Å². The molecule has 4 rings (SSSR count). The Kier molecular flexibility index (Phi) is 7.04. The van der Waals surface area contributed by atoms with Gasteiger partial charge in [0.05, 0.1) is 11.6 Å². The minimum Gasteiger partial charge on any atom is -0.399 e. The van der Waals surface area contributed by atoms with Gasteiger partial charge in [-0.3, -0.25) is 9.69 Å². The summed E-state index contributed by atoms with van der Waals surface area (Å²) in [5, 5.41) is 3.38. The smallest absolute Gasteiger partial charge is 0.399 e. The average Bonchev–Trinajstić information content (AvgIpc) is 3.20. The molecule has 174 valence electrons. The van der Waals surface area contributed by atoms with E-state index >= 15 is 0 Å². The first kappa shape index (κ1) is 23.6. The number of halogens is 4. The Morgan fingerprint density at radius 1 is 0.941 bits per heavy atom. The molecular weight excluding hydrogens is 489 g/mol. The van der Waals surface area contributed by atoms with Crippen LogP contribution >= 0.6 is 22.9 Å². The zero-order valence-corrected chi connectivity index (χ0v) is 18.9. The Balaban J connectivity index is 1.55. The first-order valence-electron chi connectivity index (χ1n) is 9.93. The Morgan fingerprint density at radius 3 is 2.38 bits per heavy atom. The van der Waals surface area contributed by atoms with Crippen LogP contribution in [0.4, 0.5) is 23.7 Å². The topological polar surface area (TPSA) is 58.6 Å². The zero-order valence-electron chi connectivity index (χ0n) is 17.4. The number of hydrogen-bond acceptors (Lipinski definition) is 4. The largest absolute Gasteiger partial charge is 0.416 e. The number of carbonyl (C=O) groups is 2. The third-order valence-corrected chi connectivity index (χ3v) is 6.08. The highest BCUT2D eigenvalue weighted by Gasteiger charge is 2.24. The summed E-state index contributed by atoms with van der Waals surface area (Å²) in [6.45, 7) is -1.15. The van der Waals surface area contributed by atoms with E-state index in [2.05, 4.69) is 5.32 Å². The Morgan fingerprint density at radius 2 is 1.68 bits per heavy atom. The Labute approximate surface area is 201 Å². The highest BCUT2D eigenvalue weighted by molar-refractivity contribution is 7.20. The first-order valence-corrected chi connectivity index (χ1v) is 11.1. The van der Waals surface area contributed by atoms with E-state index in [1.54, 1.807) is 6.07 Å². The average molecular weight is 505 g/mol. The standard InChI is InChI=1S/C24H16ClF3N2O3S/c25-17-11-15(8-9-20(17)28)29-22(31)13-30(12-16-18(26)5-3-6-19(16)27)24(32)33-23-10-14-4-1-2-7-21(14)34-23/h1-11H,12-13H2,(H,29,31). The van der Waals surface area contributed by atoms with E-state index in [4.69, 9.17) is 16.3 Å². The molecule has 0 aliphatic carbocycles. The van der Waals surface area contributed by atoms with Crippen LogP contribution < -0.4 is 10.1 Å². The molecule has 0 aliphatic rings. The molecule has 3 aromatic carbocycles. The Hall–Kier alpha value is -3.56. The molecule has 34 heavy (non-hydrogen) atoms. The van der Waals surface area contributed by atoms with Crippen molar-refractivity contribution in [3.8, 4) is 5.06 Å². The molecule has 2 amide bonds. The normalized spacial score (nSPS) is 10.8. The monoisotopic (exact) mass is 504 g/mol. The summed E-state index contributed by atoms with van der Waals surface area (Å²) >= 11 is 6.94. The van der Waals surface area contributed by atoms with Gasteiger partial charge in [-0.15, -0.1) is 0 Å². The van der Waals surface area contributed by atoms with Crippen molar-refractivity contribution in [1.82, 2.24) is 4.90 Å². The van der Waals surface area contributed by atoms with Crippen molar-refractivity contribution >= 4 is 50.7 Å². The SMILES string of the molecule is O=C(CN(Cc1c(F)cccc1F)C(=O)Oc1cc2ccccc2s1)Nc1ccc(F)c(Cl)c1. The number of nitrogens with zero attached hydrogens (tertiary/aromatic N) is 1. The second-order valence-corrected chi connectivity index (χ2v) is 8.66. The van der Waals surface area contributed by atoms with Crippen LogP contribution in [-0.2, 0) is 11.3 Å². The number of carbonyl (C=O) groups excluding carboxylic acids is 2. The molecule has 0 saturated carbocycles. The van der Waals surface area contributed by atoms with Gasteiger partial charge in [-0.2, -0.15) is 0 Å². The highest BCUT2D eigenvalue weighted by atomic mass is 35.5. The molecule has 1 heterocycles. The quantitative estimate of drug-likeness (QED) is 0.321. The number of benzene rings is 3. The first-order chi connectivity index (χ1) is 16.3. The second-order valence-electron chi connectivity index (χ2n) is 7.20. The fourth-order valence-electron chi connectivity index (χ4n) is 3.17. The van der Waals surface area contributed by atoms with Gasteiger partial charge in [0.15, 0.2) is 5.06 Å². The van der Waals surface area contributed by atoms with Crippen LogP contribution in [0.1, 0.15) is 5.56 Å². The van der Waals surface area contributed by atoms with E-state index in [0.717, 1.165) is 33.2 Å². The lowest BCUT2D eigenvalue weighted by molar-refractivity contribution is -0.117. The molecule has 0 radical (unpaired) electrons. The van der Waals surface area contributed by atoms with Crippen molar-refractivity contribution in [2.24, 2.45) is 0 Å². The summed E-state index contributed by atoms with van der Waals surface area (Å²) in [6.07, 6.45) is -0.971. The molecule has 5 nitrogen and oxygen atoms in total. The molecular formula is C24H16ClF3N2O3S. The van der Waals surface area contributed by atoms with Gasteiger partial charge in [-0.25, -0.2) is 18.0 Å². The molecule has 0 saturated heterocycles. The van der Waals surface area contributed by atoms with Gasteiger partial charge in [0, 0.05) is 22.0 Å². The Bertz CT molecular complexity index is 1330. The molecule has 4 aromatic rings. The number of hydrogen-bond donors (Lipinski definition) is 1. The van der Waals surface area contributed by atoms with Crippen LogP contribution in [0, 0.1) is 17.5 Å². The fraction of sp³-hybridized carbons (Fsp3) is 0.0833. The minimum absolute atomic E-state index is 0.186. The number of rotatable bonds is 6. The number of anilines is 1. The van der Waals surface area contributed by atoms with Crippen molar-refractivity contribution in [3.05, 3.63) is 94.8 Å². The fourth-order valence-corrected chi connectivity index (χ4v) is 4.25. The van der Waals surface area contributed by atoms with Crippen molar-refractivity contribution in [1.29, 1.82) is 0 Å². The van der Waals surface area contributed by atoms with Crippen LogP contribution in [0.3, 0.4) is 0 Å². The predicted octanol–water partition coefficient (Wildman–Crippen LogP) is 6.61. The van der Waals surface area contributed by atoms with Crippen molar-refractivity contribution in [3.63, 3.8) is 0 Å². The van der Waals surface area contributed by atoms with Gasteiger partial charge in [0.2, 0.25) is 5.91 Å². The molecule has 0 bridgehead atoms. The van der Waals surface area contributed by atoms with Gasteiger partial charge in [0.25, 0.3) is 0 Å². The third kappa shape index (κ3) is 5.49. The summed E-state index contributed by atoms with van der Waals surface area (Å²) in [5.74, 6) is -3.10. The highest BCUT2D eigenvalue weighted by Crippen LogP contribution is 2.32. The molecule has 0 fully saturated rings. The van der Waals surface area contributed by atoms with Crippen molar-refractivity contribution < 1.29 is 27.5 Å². The van der Waals surface area contributed by atoms with Crippen LogP contribution in [-0.4, -0.2) is 23.4 Å². The lowest BCUT2D eigenvalue weighted by Gasteiger charge is -2.22. The number of fused-ring (bicyclic) bond motifs is 1. The number of nitrogens with one attached hydrogen (secondary N) is 1. The zero-order chi connectivity index (χ0) is 24.2. The molecule has 1 N–H and O–H groups in total. The number of ether oxygens (including phenoxy) is 1. The van der Waals surface area contributed by atoms with E-state index < -0.39 is 48.1 Å². The van der Waals surface area contributed by atoms with Gasteiger partial charge >= 0.3 is 6.09 Å². The molecule has 1 aromatic heterocycles. The lowest BCUT2D eigenvalue weighted by Crippen LogP contribution is -2.39. The third-order valence-electron chi connectivity index (χ3n) is 4.80. The van der Waals surface area contributed by atoms with E-state index in [1.807, 2.05) is 24.3 Å². The lowest BCUT2D eigenvalue weighted by atomic mass is 10.2. The van der Waals surface area contributed by atoms with E-state index in [9.17, 15) is 22.8 Å². The summed E-state index contributed by atoms with van der Waals surface area (Å²) in [7, 11) is 0. The van der Waals surface area contributed by atoms with Crippen molar-refractivity contribution in [2.75, 3.05) is 11.9 Å². The minimum atomic E-state index is -0.971. The summed E-state index contributed by atoms with van der Waals surface area (Å²) in [5.41, 5.74) is -0.209. The summed E-state index contributed by atoms with van der Waals surface area (Å²) in [6, 6.07) is 15.9. The second kappa shape index (κ2) is 10.1. The molecule has 10 heteroatoms. The van der Waals surface area contributed by atoms with Gasteiger partial charge in [0.1, 0.15) is 24.0 Å².